The molecule has 2 N–H and O–H groups in total. The molecular formula is C14H20BrNO4. The van der Waals surface area contributed by atoms with Crippen LogP contribution in [-0.4, -0.2) is 31.3 Å². The Morgan fingerprint density at radius 2 is 2.00 bits per heavy atom. The van der Waals surface area contributed by atoms with E-state index in [0.29, 0.717) is 24.5 Å². The van der Waals surface area contributed by atoms with Gasteiger partial charge >= 0.3 is 5.97 Å². The van der Waals surface area contributed by atoms with E-state index in [0.717, 1.165) is 16.5 Å². The first-order valence-corrected chi connectivity index (χ1v) is 7.19. The summed E-state index contributed by atoms with van der Waals surface area (Å²) >= 11 is 3.39. The summed E-state index contributed by atoms with van der Waals surface area (Å²) in [6.07, 6.45) is 1.40. The predicted molar refractivity (Wildman–Crippen MR) is 80.4 cm³/mol. The van der Waals surface area contributed by atoms with Crippen LogP contribution in [0.3, 0.4) is 0 Å². The van der Waals surface area contributed by atoms with Gasteiger partial charge in [0, 0.05) is 12.1 Å². The van der Waals surface area contributed by atoms with Gasteiger partial charge in [-0.2, -0.15) is 0 Å². The smallest absolute Gasteiger partial charge is 0.320 e. The first kappa shape index (κ1) is 16.8. The average Bonchev–Trinajstić information content (AvgIpc) is 2.43. The summed E-state index contributed by atoms with van der Waals surface area (Å²) in [5.41, 5.74) is 0.856. The first-order chi connectivity index (χ1) is 9.53. The van der Waals surface area contributed by atoms with Crippen molar-refractivity contribution in [2.24, 2.45) is 0 Å². The van der Waals surface area contributed by atoms with Gasteiger partial charge in [0.2, 0.25) is 0 Å². The van der Waals surface area contributed by atoms with Crippen LogP contribution in [0.15, 0.2) is 16.6 Å². The fourth-order valence-corrected chi connectivity index (χ4v) is 2.38. The number of nitrogens with one attached hydrogen (secondary N) is 1. The third kappa shape index (κ3) is 4.38. The van der Waals surface area contributed by atoms with Crippen LogP contribution in [0.5, 0.6) is 11.5 Å². The van der Waals surface area contributed by atoms with E-state index in [9.17, 15) is 4.79 Å². The molecule has 6 heteroatoms. The van der Waals surface area contributed by atoms with Crippen molar-refractivity contribution < 1.29 is 19.4 Å². The van der Waals surface area contributed by atoms with Crippen molar-refractivity contribution in [3.8, 4) is 11.5 Å². The minimum atomic E-state index is -0.838. The van der Waals surface area contributed by atoms with Crippen molar-refractivity contribution in [3.05, 3.63) is 22.2 Å². The van der Waals surface area contributed by atoms with Crippen LogP contribution in [-0.2, 0) is 11.3 Å². The lowest BCUT2D eigenvalue weighted by atomic mass is 10.1. The van der Waals surface area contributed by atoms with Crippen LogP contribution in [0.2, 0.25) is 0 Å². The van der Waals surface area contributed by atoms with Gasteiger partial charge in [0.25, 0.3) is 0 Å². The second-order valence-electron chi connectivity index (χ2n) is 4.36. The number of hydrogen-bond donors (Lipinski definition) is 2. The number of rotatable bonds is 8. The fourth-order valence-electron chi connectivity index (χ4n) is 1.90. The van der Waals surface area contributed by atoms with Gasteiger partial charge in [0.1, 0.15) is 17.5 Å². The molecule has 0 radical (unpaired) electrons. The van der Waals surface area contributed by atoms with Gasteiger partial charge in [-0.25, -0.2) is 0 Å². The van der Waals surface area contributed by atoms with Crippen molar-refractivity contribution in [3.63, 3.8) is 0 Å². The molecule has 1 aromatic rings. The van der Waals surface area contributed by atoms with Gasteiger partial charge in [-0.3, -0.25) is 4.79 Å². The summed E-state index contributed by atoms with van der Waals surface area (Å²) in [6.45, 7) is 2.37. The van der Waals surface area contributed by atoms with E-state index < -0.39 is 12.0 Å². The zero-order chi connectivity index (χ0) is 15.1. The number of hydrogen-bond acceptors (Lipinski definition) is 4. The molecule has 0 aromatic heterocycles. The summed E-state index contributed by atoms with van der Waals surface area (Å²) in [7, 11) is 3.17. The highest BCUT2D eigenvalue weighted by Crippen LogP contribution is 2.32. The molecule has 0 fully saturated rings. The van der Waals surface area contributed by atoms with Gasteiger partial charge < -0.3 is 19.9 Å². The monoisotopic (exact) mass is 345 g/mol. The number of carboxylic acids is 1. The molecule has 0 spiro atoms. The highest BCUT2D eigenvalue weighted by atomic mass is 79.9. The Kier molecular flexibility index (Phi) is 6.81. The minimum absolute atomic E-state index is 0.407. The molecule has 0 amide bonds. The Morgan fingerprint density at radius 1 is 1.35 bits per heavy atom. The van der Waals surface area contributed by atoms with Crippen LogP contribution in [0.4, 0.5) is 0 Å². The maximum atomic E-state index is 11.1. The number of halogens is 1. The second-order valence-corrected chi connectivity index (χ2v) is 5.21. The summed E-state index contributed by atoms with van der Waals surface area (Å²) in [4.78, 5) is 11.1. The largest absolute Gasteiger partial charge is 0.496 e. The van der Waals surface area contributed by atoms with Crippen LogP contribution in [0, 0.1) is 0 Å². The molecule has 0 bridgehead atoms. The van der Waals surface area contributed by atoms with Crippen molar-refractivity contribution in [2.75, 3.05) is 14.2 Å². The van der Waals surface area contributed by atoms with Crippen LogP contribution >= 0.6 is 15.9 Å². The number of methoxy groups -OCH3 is 2. The van der Waals surface area contributed by atoms with Gasteiger partial charge in [-0.05, 0) is 34.5 Å². The summed E-state index contributed by atoms with van der Waals surface area (Å²) in [5.74, 6) is 0.533. The second kappa shape index (κ2) is 8.11. The quantitative estimate of drug-likeness (QED) is 0.758. The van der Waals surface area contributed by atoms with Crippen molar-refractivity contribution in [1.82, 2.24) is 5.32 Å². The van der Waals surface area contributed by atoms with E-state index in [-0.39, 0.29) is 0 Å². The molecule has 0 saturated heterocycles. The van der Waals surface area contributed by atoms with Crippen molar-refractivity contribution in [2.45, 2.75) is 32.4 Å². The van der Waals surface area contributed by atoms with E-state index in [1.165, 1.54) is 0 Å². The van der Waals surface area contributed by atoms with Crippen LogP contribution < -0.4 is 14.8 Å². The SMILES string of the molecule is CCCC(NCc1cc(OC)c(Br)cc1OC)C(=O)O. The number of carbonyl (C=O) groups is 1. The molecule has 1 aromatic carbocycles. The first-order valence-electron chi connectivity index (χ1n) is 6.40. The molecule has 1 unspecified atom stereocenters. The minimum Gasteiger partial charge on any atom is -0.496 e. The number of benzene rings is 1. The van der Waals surface area contributed by atoms with Crippen LogP contribution in [0.25, 0.3) is 0 Å². The molecule has 0 aliphatic rings. The highest BCUT2D eigenvalue weighted by Gasteiger charge is 2.17. The van der Waals surface area contributed by atoms with E-state index in [1.807, 2.05) is 19.1 Å². The molecule has 1 rings (SSSR count). The van der Waals surface area contributed by atoms with Crippen molar-refractivity contribution in [1.29, 1.82) is 0 Å². The van der Waals surface area contributed by atoms with Gasteiger partial charge in [0.05, 0.1) is 18.7 Å². The highest BCUT2D eigenvalue weighted by molar-refractivity contribution is 9.10. The zero-order valence-electron chi connectivity index (χ0n) is 11.9. The Bertz CT molecular complexity index is 465. The molecule has 0 aliphatic heterocycles. The third-order valence-corrected chi connectivity index (χ3v) is 3.59. The van der Waals surface area contributed by atoms with Gasteiger partial charge in [-0.1, -0.05) is 13.3 Å². The zero-order valence-corrected chi connectivity index (χ0v) is 13.5. The molecule has 0 aliphatic carbocycles. The Morgan fingerprint density at radius 3 is 2.50 bits per heavy atom. The average molecular weight is 346 g/mol. The maximum Gasteiger partial charge on any atom is 0.320 e. The van der Waals surface area contributed by atoms with Gasteiger partial charge in [0.15, 0.2) is 0 Å². The standard InChI is InChI=1S/C14H20BrNO4/c1-4-5-11(14(17)18)16-8-9-6-13(20-3)10(15)7-12(9)19-2/h6-7,11,16H,4-5,8H2,1-3H3,(H,17,18). The third-order valence-electron chi connectivity index (χ3n) is 2.97. The molecule has 0 heterocycles. The topological polar surface area (TPSA) is 67.8 Å². The van der Waals surface area contributed by atoms with E-state index in [4.69, 9.17) is 14.6 Å². The predicted octanol–water partition coefficient (Wildman–Crippen LogP) is 2.81. The normalized spacial score (nSPS) is 12.0. The summed E-state index contributed by atoms with van der Waals surface area (Å²) in [5, 5.41) is 12.2. The fraction of sp³-hybridized carbons (Fsp3) is 0.500. The van der Waals surface area contributed by atoms with E-state index in [2.05, 4.69) is 21.2 Å². The molecular weight excluding hydrogens is 326 g/mol. The number of ether oxygens (including phenoxy) is 2. The number of carboxylic acid groups (broad SMARTS) is 1. The lowest BCUT2D eigenvalue weighted by Gasteiger charge is -2.16. The molecule has 1 atom stereocenters. The summed E-state index contributed by atoms with van der Waals surface area (Å²) < 4.78 is 11.3. The summed E-state index contributed by atoms with van der Waals surface area (Å²) in [6, 6.07) is 3.09. The Hall–Kier alpha value is -1.27. The molecule has 112 valence electrons. The van der Waals surface area contributed by atoms with Crippen molar-refractivity contribution >= 4 is 21.9 Å². The van der Waals surface area contributed by atoms with Gasteiger partial charge in [-0.15, -0.1) is 0 Å². The molecule has 5 nitrogen and oxygen atoms in total. The van der Waals surface area contributed by atoms with Crippen LogP contribution in [0.1, 0.15) is 25.3 Å². The Balaban J connectivity index is 2.87. The number of aliphatic carboxylic acids is 1. The van der Waals surface area contributed by atoms with E-state index in [1.54, 1.807) is 14.2 Å². The molecule has 0 saturated carbocycles. The maximum absolute atomic E-state index is 11.1. The Labute approximate surface area is 127 Å². The van der Waals surface area contributed by atoms with E-state index >= 15 is 0 Å². The molecule has 20 heavy (non-hydrogen) atoms. The lowest BCUT2D eigenvalue weighted by Crippen LogP contribution is -2.36. The lowest BCUT2D eigenvalue weighted by molar-refractivity contribution is -0.139.